The van der Waals surface area contributed by atoms with E-state index in [1.54, 1.807) is 0 Å². The fraction of sp³-hybridized carbons (Fsp3) is 0. The van der Waals surface area contributed by atoms with Crippen molar-refractivity contribution < 1.29 is 0 Å². The molecule has 0 fully saturated rings. The topological polar surface area (TPSA) is 16.3 Å². The minimum Gasteiger partial charge on any atom is -0.310 e. The van der Waals surface area contributed by atoms with Gasteiger partial charge in [0.1, 0.15) is 0 Å². The van der Waals surface area contributed by atoms with Crippen molar-refractivity contribution in [3.63, 3.8) is 0 Å². The minimum atomic E-state index is 1.12. The highest BCUT2D eigenvalue weighted by Gasteiger charge is 2.23. The Hall–Kier alpha value is -14.6. The van der Waals surface area contributed by atoms with Crippen molar-refractivity contribution >= 4 is 121 Å². The van der Waals surface area contributed by atoms with Gasteiger partial charge in [-0.1, -0.05) is 315 Å². The lowest BCUT2D eigenvalue weighted by Gasteiger charge is -2.25. The number of benzene rings is 19. The molecule has 21 rings (SSSR count). The number of anilines is 6. The number of fused-ring (bicyclic) bond motifs is 10. The predicted molar refractivity (Wildman–Crippen MR) is 468 cm³/mol. The summed E-state index contributed by atoms with van der Waals surface area (Å²) in [7, 11) is 0. The first-order valence-electron chi connectivity index (χ1n) is 37.8. The lowest BCUT2D eigenvalue weighted by Crippen LogP contribution is -2.09. The molecule has 0 saturated heterocycles. The zero-order valence-corrected chi connectivity index (χ0v) is 60.4. The zero-order chi connectivity index (χ0) is 72.9. The van der Waals surface area contributed by atoms with Gasteiger partial charge < -0.3 is 18.9 Å². The van der Waals surface area contributed by atoms with Gasteiger partial charge in [-0.05, 0) is 220 Å². The molecular weight excluding hydrogens is 1330 g/mol. The molecule has 0 unspecified atom stereocenters. The van der Waals surface area contributed by atoms with Crippen molar-refractivity contribution in [1.82, 2.24) is 9.13 Å². The molecule has 0 aliphatic rings. The van der Waals surface area contributed by atoms with Crippen LogP contribution in [-0.4, -0.2) is 9.13 Å². The quantitative estimate of drug-likeness (QED) is 0.107. The summed E-state index contributed by atoms with van der Waals surface area (Å²) >= 11 is 0. The summed E-state index contributed by atoms with van der Waals surface area (Å²) < 4.78 is 4.81. The van der Waals surface area contributed by atoms with Crippen LogP contribution < -0.4 is 9.80 Å². The van der Waals surface area contributed by atoms with Crippen LogP contribution in [0.4, 0.5) is 34.1 Å². The number of para-hydroxylation sites is 6. The fourth-order valence-electron chi connectivity index (χ4n) is 17.1. The van der Waals surface area contributed by atoms with E-state index in [2.05, 4.69) is 456 Å². The highest BCUT2D eigenvalue weighted by Crippen LogP contribution is 2.48. The molecule has 0 aliphatic carbocycles. The van der Waals surface area contributed by atoms with Crippen molar-refractivity contribution in [2.24, 2.45) is 0 Å². The van der Waals surface area contributed by atoms with Crippen molar-refractivity contribution in [3.05, 3.63) is 437 Å². The van der Waals surface area contributed by atoms with E-state index in [1.165, 1.54) is 142 Å². The Morgan fingerprint density at radius 3 is 0.645 bits per heavy atom. The molecule has 110 heavy (non-hydrogen) atoms. The third-order valence-electron chi connectivity index (χ3n) is 21.9. The van der Waals surface area contributed by atoms with Gasteiger partial charge in [-0.2, -0.15) is 0 Å². The van der Waals surface area contributed by atoms with Gasteiger partial charge in [0.2, 0.25) is 0 Å². The van der Waals surface area contributed by atoms with Crippen molar-refractivity contribution in [3.8, 4) is 67.0 Å². The normalized spacial score (nSPS) is 11.5. The van der Waals surface area contributed by atoms with Crippen molar-refractivity contribution in [1.29, 1.82) is 0 Å². The number of nitrogens with zero attached hydrogens (tertiary/aromatic N) is 4. The maximum absolute atomic E-state index is 2.41. The van der Waals surface area contributed by atoms with Crippen LogP contribution in [0.5, 0.6) is 0 Å². The monoisotopic (exact) mass is 1400 g/mol. The van der Waals surface area contributed by atoms with Crippen LogP contribution in [0.1, 0.15) is 0 Å². The van der Waals surface area contributed by atoms with Crippen LogP contribution in [0.2, 0.25) is 0 Å². The molecule has 0 aliphatic heterocycles. The Kier molecular flexibility index (Phi) is 16.6. The molecule has 19 aromatic carbocycles. The molecule has 516 valence electrons. The first-order chi connectivity index (χ1) is 54.6. The van der Waals surface area contributed by atoms with Gasteiger partial charge in [-0.25, -0.2) is 0 Å². The average Bonchev–Trinajstić information content (AvgIpc) is 1.70. The molecular formula is C106H72N4. The largest absolute Gasteiger partial charge is 0.310 e. The van der Waals surface area contributed by atoms with Gasteiger partial charge in [0, 0.05) is 67.0 Å². The predicted octanol–water partition coefficient (Wildman–Crippen LogP) is 29.5. The smallest absolute Gasteiger partial charge is 0.0542 e. The molecule has 2 heterocycles. The van der Waals surface area contributed by atoms with E-state index in [1.807, 2.05) is 0 Å². The van der Waals surface area contributed by atoms with E-state index in [9.17, 15) is 0 Å². The Bertz CT molecular complexity index is 6760. The number of aromatic nitrogens is 2. The van der Waals surface area contributed by atoms with E-state index < -0.39 is 0 Å². The van der Waals surface area contributed by atoms with Crippen LogP contribution in [0.15, 0.2) is 437 Å². The fourth-order valence-corrected chi connectivity index (χ4v) is 17.1. The second-order valence-corrected chi connectivity index (χ2v) is 28.2. The van der Waals surface area contributed by atoms with Crippen molar-refractivity contribution in [2.45, 2.75) is 0 Å². The van der Waals surface area contributed by atoms with E-state index in [-0.39, 0.29) is 0 Å². The Morgan fingerprint density at radius 1 is 0.136 bits per heavy atom. The van der Waals surface area contributed by atoms with Crippen LogP contribution >= 0.6 is 0 Å². The molecule has 21 aromatic rings. The third-order valence-corrected chi connectivity index (χ3v) is 21.9. The minimum absolute atomic E-state index is 1.12. The zero-order valence-electron chi connectivity index (χ0n) is 60.4. The molecule has 0 spiro atoms. The summed E-state index contributed by atoms with van der Waals surface area (Å²) in [6.07, 6.45) is 0. The van der Waals surface area contributed by atoms with Gasteiger partial charge in [-0.15, -0.1) is 0 Å². The highest BCUT2D eigenvalue weighted by atomic mass is 15.1. The molecule has 0 atom stereocenters. The molecule has 0 bridgehead atoms. The Morgan fingerprint density at radius 2 is 0.345 bits per heavy atom. The lowest BCUT2D eigenvalue weighted by molar-refractivity contribution is 1.18. The average molecular weight is 1400 g/mol. The van der Waals surface area contributed by atoms with Crippen molar-refractivity contribution in [2.75, 3.05) is 9.80 Å². The molecule has 0 N–H and O–H groups in total. The summed E-state index contributed by atoms with van der Waals surface area (Å²) in [5, 5.41) is 15.0. The van der Waals surface area contributed by atoms with Crippen LogP contribution in [-0.2, 0) is 0 Å². The van der Waals surface area contributed by atoms with Gasteiger partial charge in [0.15, 0.2) is 0 Å². The van der Waals surface area contributed by atoms with Gasteiger partial charge in [0.25, 0.3) is 0 Å². The summed E-state index contributed by atoms with van der Waals surface area (Å²) in [6, 6.07) is 158. The lowest BCUT2D eigenvalue weighted by atomic mass is 9.85. The first-order valence-corrected chi connectivity index (χ1v) is 37.8. The molecule has 4 heteroatoms. The van der Waals surface area contributed by atoms with Gasteiger partial charge in [-0.3, -0.25) is 0 Å². The maximum atomic E-state index is 2.41. The molecule has 2 aromatic heterocycles. The Balaban J connectivity index is 0.000000145. The highest BCUT2D eigenvalue weighted by molar-refractivity contribution is 6.23. The summed E-state index contributed by atoms with van der Waals surface area (Å²) in [5.41, 5.74) is 26.2. The maximum Gasteiger partial charge on any atom is 0.0542 e. The molecule has 0 amide bonds. The van der Waals surface area contributed by atoms with Crippen LogP contribution in [0.3, 0.4) is 0 Å². The second-order valence-electron chi connectivity index (χ2n) is 28.2. The van der Waals surface area contributed by atoms with E-state index >= 15 is 0 Å². The van der Waals surface area contributed by atoms with E-state index in [4.69, 9.17) is 0 Å². The standard InChI is InChI=1S/C56H38N2.C50H34N2/c1-4-16-39(17-5-1)40-28-30-41(31-29-40)55-48-23-10-12-25-50(48)56(51-26-13-11-24-49(51)55)42-32-34-45(35-33-42)58-53-27-15-14-22-47(53)52-38-46(36-37-54(52)58)57(43-18-6-2-7-19-43)44-20-8-3-9-21-44;1-4-16-35(17-5-1)49-42-23-10-12-25-44(42)50(45-26-13-11-24-43(45)49)36-28-30-39(31-29-36)52-47-27-15-14-22-41(47)46-34-40(32-33-48(46)52)51(37-18-6-2-7-19-37)38-20-8-3-9-21-38/h1-38H;1-34H. The SMILES string of the molecule is c1ccc(-c2c3ccccc3c(-c3ccc(-n4c5ccccc5c5cc(N(c6ccccc6)c6ccccc6)ccc54)cc3)c3ccccc23)cc1.c1ccc(-c2ccc(-c3c4ccccc4c(-c4ccc(-n5c6ccccc6c6cc(N(c7ccccc7)c7ccccc7)ccc65)cc4)c4ccccc34)cc2)cc1. The first kappa shape index (κ1) is 65.0. The summed E-state index contributed by atoms with van der Waals surface area (Å²) in [5.74, 6) is 0. The molecule has 0 saturated carbocycles. The van der Waals surface area contributed by atoms with E-state index in [0.717, 1.165) is 45.5 Å². The third kappa shape index (κ3) is 11.5. The van der Waals surface area contributed by atoms with Gasteiger partial charge >= 0.3 is 0 Å². The van der Waals surface area contributed by atoms with Crippen LogP contribution in [0.25, 0.3) is 154 Å². The Labute approximate surface area is 639 Å². The second kappa shape index (κ2) is 28.0. The summed E-state index contributed by atoms with van der Waals surface area (Å²) in [6.45, 7) is 0. The van der Waals surface area contributed by atoms with Crippen LogP contribution in [0, 0.1) is 0 Å². The number of hydrogen-bond acceptors (Lipinski definition) is 2. The molecule has 4 nitrogen and oxygen atoms in total. The van der Waals surface area contributed by atoms with Gasteiger partial charge in [0.05, 0.1) is 22.1 Å². The van der Waals surface area contributed by atoms with E-state index in [0.29, 0.717) is 0 Å². The summed E-state index contributed by atoms with van der Waals surface area (Å²) in [4.78, 5) is 4.66. The number of rotatable bonds is 13. The number of hydrogen-bond donors (Lipinski definition) is 0. The molecule has 0 radical (unpaired) electrons.